The lowest BCUT2D eigenvalue weighted by molar-refractivity contribution is 0.0662. The molecule has 8 heteroatoms. The van der Waals surface area contributed by atoms with Crippen molar-refractivity contribution in [2.75, 3.05) is 32.0 Å². The highest BCUT2D eigenvalue weighted by Crippen LogP contribution is 2.21. The number of hydrogen-bond donors (Lipinski definition) is 1. The molecule has 7 nitrogen and oxygen atoms in total. The largest absolute Gasteiger partial charge is 0.381 e. The molecule has 1 aromatic heterocycles. The van der Waals surface area contributed by atoms with Crippen LogP contribution in [-0.2, 0) is 14.9 Å². The van der Waals surface area contributed by atoms with Crippen LogP contribution in [-0.4, -0.2) is 49.8 Å². The predicted molar refractivity (Wildman–Crippen MR) is 67.5 cm³/mol. The molecule has 0 amide bonds. The number of ether oxygens (including phenoxy) is 1. The molecule has 0 atom stereocenters. The van der Waals surface area contributed by atoms with Gasteiger partial charge in [-0.05, 0) is 12.8 Å². The Kier molecular flexibility index (Phi) is 3.88. The third kappa shape index (κ3) is 3.01. The Bertz CT molecular complexity index is 491. The van der Waals surface area contributed by atoms with E-state index in [-0.39, 0.29) is 6.04 Å². The van der Waals surface area contributed by atoms with Gasteiger partial charge in [-0.15, -0.1) is 0 Å². The van der Waals surface area contributed by atoms with Crippen molar-refractivity contribution >= 4 is 15.9 Å². The van der Waals surface area contributed by atoms with E-state index in [2.05, 4.69) is 9.82 Å². The molecule has 0 radical (unpaired) electrons. The van der Waals surface area contributed by atoms with Gasteiger partial charge in [-0.2, -0.15) is 17.8 Å². The Morgan fingerprint density at radius 3 is 2.72 bits per heavy atom. The highest BCUT2D eigenvalue weighted by molar-refractivity contribution is 7.90. The van der Waals surface area contributed by atoms with Gasteiger partial charge in [0.15, 0.2) is 0 Å². The van der Waals surface area contributed by atoms with Crippen molar-refractivity contribution in [3.63, 3.8) is 0 Å². The number of nitrogens with zero attached hydrogens (tertiary/aromatic N) is 3. The lowest BCUT2D eigenvalue weighted by atomic mass is 10.1. The molecule has 18 heavy (non-hydrogen) atoms. The van der Waals surface area contributed by atoms with Crippen LogP contribution in [0.15, 0.2) is 12.4 Å². The van der Waals surface area contributed by atoms with Gasteiger partial charge in [0.05, 0.1) is 17.9 Å². The monoisotopic (exact) mass is 274 g/mol. The fraction of sp³-hybridized carbons (Fsp3) is 0.700. The molecule has 0 unspecified atom stereocenters. The molecule has 2 rings (SSSR count). The molecule has 0 aliphatic carbocycles. The molecule has 1 saturated heterocycles. The number of rotatable bonds is 4. The van der Waals surface area contributed by atoms with Crippen molar-refractivity contribution in [3.8, 4) is 0 Å². The van der Waals surface area contributed by atoms with E-state index in [1.54, 1.807) is 10.9 Å². The first-order valence-electron chi connectivity index (χ1n) is 5.81. The summed E-state index contributed by atoms with van der Waals surface area (Å²) in [5.41, 5.74) is 0.482. The van der Waals surface area contributed by atoms with Crippen LogP contribution in [0.1, 0.15) is 18.9 Å². The highest BCUT2D eigenvalue weighted by atomic mass is 32.2. The van der Waals surface area contributed by atoms with E-state index >= 15 is 0 Å². The van der Waals surface area contributed by atoms with E-state index in [0.717, 1.165) is 30.4 Å². The summed E-state index contributed by atoms with van der Waals surface area (Å²) in [5.74, 6) is 0. The number of anilines is 1. The first kappa shape index (κ1) is 13.3. The van der Waals surface area contributed by atoms with Crippen LogP contribution in [0.2, 0.25) is 0 Å². The molecule has 1 aromatic rings. The summed E-state index contributed by atoms with van der Waals surface area (Å²) in [6.45, 7) is 1.45. The minimum Gasteiger partial charge on any atom is -0.381 e. The topological polar surface area (TPSA) is 76.5 Å². The summed E-state index contributed by atoms with van der Waals surface area (Å²) in [7, 11) is -0.509. The minimum absolute atomic E-state index is 0.288. The summed E-state index contributed by atoms with van der Waals surface area (Å²) in [5, 5.41) is 4.20. The maximum absolute atomic E-state index is 11.6. The van der Waals surface area contributed by atoms with Gasteiger partial charge in [0.1, 0.15) is 0 Å². The van der Waals surface area contributed by atoms with E-state index in [9.17, 15) is 8.42 Å². The van der Waals surface area contributed by atoms with E-state index < -0.39 is 10.2 Å². The number of nitrogens with one attached hydrogen (secondary N) is 1. The van der Waals surface area contributed by atoms with Gasteiger partial charge < -0.3 is 4.74 Å². The van der Waals surface area contributed by atoms with Crippen LogP contribution in [0, 0.1) is 0 Å². The van der Waals surface area contributed by atoms with Crippen LogP contribution in [0.4, 0.5) is 5.69 Å². The summed E-state index contributed by atoms with van der Waals surface area (Å²) >= 11 is 0. The quantitative estimate of drug-likeness (QED) is 0.865. The zero-order valence-corrected chi connectivity index (χ0v) is 11.4. The molecular formula is C10H18N4O3S. The van der Waals surface area contributed by atoms with Crippen molar-refractivity contribution in [3.05, 3.63) is 12.4 Å². The van der Waals surface area contributed by atoms with Crippen LogP contribution in [0.3, 0.4) is 0 Å². The Hall–Kier alpha value is -1.12. The first-order chi connectivity index (χ1) is 8.49. The van der Waals surface area contributed by atoms with Crippen molar-refractivity contribution in [1.29, 1.82) is 0 Å². The second kappa shape index (κ2) is 5.25. The number of hydrogen-bond acceptors (Lipinski definition) is 4. The SMILES string of the molecule is CN(C)S(=O)(=O)Nc1cnn(C2CCOCC2)c1. The average Bonchev–Trinajstić information content (AvgIpc) is 2.78. The van der Waals surface area contributed by atoms with Crippen molar-refractivity contribution in [1.82, 2.24) is 14.1 Å². The predicted octanol–water partition coefficient (Wildman–Crippen LogP) is 0.453. The average molecular weight is 274 g/mol. The van der Waals surface area contributed by atoms with Gasteiger partial charge in [-0.3, -0.25) is 9.40 Å². The first-order valence-corrected chi connectivity index (χ1v) is 7.25. The Morgan fingerprint density at radius 1 is 1.44 bits per heavy atom. The summed E-state index contributed by atoms with van der Waals surface area (Å²) in [6, 6.07) is 0.288. The fourth-order valence-corrected chi connectivity index (χ4v) is 2.37. The second-order valence-electron chi connectivity index (χ2n) is 4.44. The van der Waals surface area contributed by atoms with E-state index in [0.29, 0.717) is 5.69 Å². The zero-order chi connectivity index (χ0) is 13.2. The van der Waals surface area contributed by atoms with Gasteiger partial charge in [0.2, 0.25) is 0 Å². The van der Waals surface area contributed by atoms with Crippen molar-refractivity contribution in [2.45, 2.75) is 18.9 Å². The van der Waals surface area contributed by atoms with Crippen LogP contribution < -0.4 is 4.72 Å². The third-order valence-corrected chi connectivity index (χ3v) is 4.35. The van der Waals surface area contributed by atoms with E-state index in [1.807, 2.05) is 0 Å². The van der Waals surface area contributed by atoms with Crippen LogP contribution in [0.25, 0.3) is 0 Å². The summed E-state index contributed by atoms with van der Waals surface area (Å²) in [6.07, 6.45) is 5.05. The smallest absolute Gasteiger partial charge is 0.301 e. The molecule has 0 bridgehead atoms. The molecule has 0 spiro atoms. The zero-order valence-electron chi connectivity index (χ0n) is 10.5. The van der Waals surface area contributed by atoms with Gasteiger partial charge in [0.25, 0.3) is 0 Å². The minimum atomic E-state index is -3.46. The van der Waals surface area contributed by atoms with Gasteiger partial charge in [0, 0.05) is 33.5 Å². The Morgan fingerprint density at radius 2 is 2.11 bits per heavy atom. The molecule has 102 valence electrons. The maximum Gasteiger partial charge on any atom is 0.301 e. The molecule has 0 aromatic carbocycles. The summed E-state index contributed by atoms with van der Waals surface area (Å²) < 4.78 is 34.0. The van der Waals surface area contributed by atoms with Gasteiger partial charge in [-0.25, -0.2) is 0 Å². The van der Waals surface area contributed by atoms with Gasteiger partial charge >= 0.3 is 10.2 Å². The highest BCUT2D eigenvalue weighted by Gasteiger charge is 2.18. The van der Waals surface area contributed by atoms with Crippen molar-refractivity contribution in [2.24, 2.45) is 0 Å². The lowest BCUT2D eigenvalue weighted by Gasteiger charge is -2.22. The second-order valence-corrected chi connectivity index (χ2v) is 6.33. The van der Waals surface area contributed by atoms with Crippen molar-refractivity contribution < 1.29 is 13.2 Å². The summed E-state index contributed by atoms with van der Waals surface area (Å²) in [4.78, 5) is 0. The normalized spacial score (nSPS) is 18.2. The molecule has 1 N–H and O–H groups in total. The van der Waals surface area contributed by atoms with E-state index in [4.69, 9.17) is 4.74 Å². The van der Waals surface area contributed by atoms with E-state index in [1.165, 1.54) is 20.3 Å². The van der Waals surface area contributed by atoms with Crippen LogP contribution in [0.5, 0.6) is 0 Å². The van der Waals surface area contributed by atoms with Gasteiger partial charge in [-0.1, -0.05) is 0 Å². The molecule has 1 fully saturated rings. The standard InChI is InChI=1S/C10H18N4O3S/c1-13(2)18(15,16)12-9-7-11-14(8-9)10-3-5-17-6-4-10/h7-8,10,12H,3-6H2,1-2H3. The molecule has 2 heterocycles. The Balaban J connectivity index is 2.06. The lowest BCUT2D eigenvalue weighted by Crippen LogP contribution is -2.28. The molecule has 1 aliphatic heterocycles. The molecule has 0 saturated carbocycles. The molecule has 1 aliphatic rings. The maximum atomic E-state index is 11.6. The fourth-order valence-electron chi connectivity index (χ4n) is 1.78. The number of aromatic nitrogens is 2. The van der Waals surface area contributed by atoms with Crippen LogP contribution >= 0.6 is 0 Å². The third-order valence-electron chi connectivity index (χ3n) is 2.89. The molecular weight excluding hydrogens is 256 g/mol. The Labute approximate surface area is 107 Å².